The maximum absolute atomic E-state index is 12.1. The van der Waals surface area contributed by atoms with Gasteiger partial charge in [-0.2, -0.15) is 0 Å². The lowest BCUT2D eigenvalue weighted by atomic mass is 10.2. The quantitative estimate of drug-likeness (QED) is 0.920. The summed E-state index contributed by atoms with van der Waals surface area (Å²) in [4.78, 5) is 17.9. The lowest BCUT2D eigenvalue weighted by molar-refractivity contribution is 0.223. The van der Waals surface area contributed by atoms with Gasteiger partial charge in [0.2, 0.25) is 0 Å². The third-order valence-corrected chi connectivity index (χ3v) is 3.33. The summed E-state index contributed by atoms with van der Waals surface area (Å²) in [6.07, 6.45) is 2.43. The fourth-order valence-electron chi connectivity index (χ4n) is 1.77. The molecule has 1 aromatic carbocycles. The van der Waals surface area contributed by atoms with E-state index in [1.807, 2.05) is 18.2 Å². The molecule has 2 rings (SSSR count). The first-order chi connectivity index (χ1) is 10.0. The molecule has 0 unspecified atom stereocenters. The minimum Gasteiger partial charge on any atom is -0.327 e. The van der Waals surface area contributed by atoms with Gasteiger partial charge in [0, 0.05) is 47.6 Å². The Morgan fingerprint density at radius 2 is 1.95 bits per heavy atom. The Hall–Kier alpha value is -1.78. The Labute approximate surface area is 133 Å². The van der Waals surface area contributed by atoms with Gasteiger partial charge >= 0.3 is 6.03 Å². The molecule has 0 atom stereocenters. The number of carbonyl (C=O) groups excluding carboxylic acids is 1. The zero-order valence-corrected chi connectivity index (χ0v) is 13.0. The smallest absolute Gasteiger partial charge is 0.321 e. The summed E-state index contributed by atoms with van der Waals surface area (Å²) in [6, 6.07) is 10.4. The average Bonchev–Trinajstić information content (AvgIpc) is 2.44. The van der Waals surface area contributed by atoms with Crippen LogP contribution in [-0.4, -0.2) is 29.5 Å². The molecule has 2 aromatic rings. The number of hydrogen-bond donors (Lipinski definition) is 1. The highest BCUT2D eigenvalue weighted by Gasteiger charge is 2.10. The second-order valence-electron chi connectivity index (χ2n) is 4.58. The third kappa shape index (κ3) is 4.92. The van der Waals surface area contributed by atoms with Crippen molar-refractivity contribution in [2.45, 2.75) is 6.42 Å². The second kappa shape index (κ2) is 7.29. The Morgan fingerprint density at radius 3 is 2.57 bits per heavy atom. The summed E-state index contributed by atoms with van der Waals surface area (Å²) in [5.74, 6) is 0. The number of aromatic nitrogens is 1. The number of amides is 2. The highest BCUT2D eigenvalue weighted by molar-refractivity contribution is 6.35. The van der Waals surface area contributed by atoms with Crippen molar-refractivity contribution in [2.75, 3.05) is 18.9 Å². The molecule has 0 saturated heterocycles. The van der Waals surface area contributed by atoms with Gasteiger partial charge in [-0.3, -0.25) is 4.98 Å². The van der Waals surface area contributed by atoms with Gasteiger partial charge in [-0.05, 0) is 30.3 Å². The van der Waals surface area contributed by atoms with E-state index in [1.54, 1.807) is 36.3 Å². The lowest BCUT2D eigenvalue weighted by Gasteiger charge is -2.18. The zero-order chi connectivity index (χ0) is 15.2. The summed E-state index contributed by atoms with van der Waals surface area (Å²) < 4.78 is 0. The molecule has 0 spiro atoms. The molecule has 1 aromatic heterocycles. The molecule has 0 saturated carbocycles. The normalized spacial score (nSPS) is 10.2. The van der Waals surface area contributed by atoms with Gasteiger partial charge in [-0.25, -0.2) is 4.79 Å². The maximum atomic E-state index is 12.1. The van der Waals surface area contributed by atoms with Gasteiger partial charge in [0.25, 0.3) is 0 Å². The molecule has 110 valence electrons. The van der Waals surface area contributed by atoms with Gasteiger partial charge in [-0.15, -0.1) is 0 Å². The number of pyridine rings is 1. The van der Waals surface area contributed by atoms with Crippen molar-refractivity contribution in [1.29, 1.82) is 0 Å². The second-order valence-corrected chi connectivity index (χ2v) is 5.45. The van der Waals surface area contributed by atoms with Crippen molar-refractivity contribution in [2.24, 2.45) is 0 Å². The van der Waals surface area contributed by atoms with Crippen LogP contribution in [0, 0.1) is 0 Å². The van der Waals surface area contributed by atoms with Crippen molar-refractivity contribution in [3.05, 3.63) is 58.3 Å². The lowest BCUT2D eigenvalue weighted by Crippen LogP contribution is -2.33. The minimum atomic E-state index is -0.218. The third-order valence-electron chi connectivity index (χ3n) is 2.89. The standard InChI is InChI=1S/C15H15Cl2N3O/c1-20(7-5-13-4-2-3-6-18-13)15(21)19-14-9-11(16)8-12(17)10-14/h2-4,6,8-10H,5,7H2,1H3,(H,19,21). The predicted octanol–water partition coefficient (Wildman–Crippen LogP) is 4.09. The number of nitrogens with one attached hydrogen (secondary N) is 1. The number of rotatable bonds is 4. The van der Waals surface area contributed by atoms with E-state index in [-0.39, 0.29) is 6.03 Å². The van der Waals surface area contributed by atoms with Crippen molar-refractivity contribution in [3.8, 4) is 0 Å². The Morgan fingerprint density at radius 1 is 1.24 bits per heavy atom. The van der Waals surface area contributed by atoms with E-state index in [2.05, 4.69) is 10.3 Å². The molecule has 0 aliphatic heterocycles. The van der Waals surface area contributed by atoms with Gasteiger partial charge in [0.1, 0.15) is 0 Å². The first kappa shape index (κ1) is 15.6. The molecular weight excluding hydrogens is 309 g/mol. The average molecular weight is 324 g/mol. The van der Waals surface area contributed by atoms with Crippen LogP contribution in [0.4, 0.5) is 10.5 Å². The molecule has 0 fully saturated rings. The van der Waals surface area contributed by atoms with Crippen LogP contribution in [0.3, 0.4) is 0 Å². The van der Waals surface area contributed by atoms with Crippen molar-refractivity contribution in [3.63, 3.8) is 0 Å². The number of hydrogen-bond acceptors (Lipinski definition) is 2. The summed E-state index contributed by atoms with van der Waals surface area (Å²) in [6.45, 7) is 0.567. The molecule has 2 amide bonds. The van der Waals surface area contributed by atoms with E-state index in [1.165, 1.54) is 0 Å². The number of likely N-dealkylation sites (N-methyl/N-ethyl adjacent to an activating group) is 1. The Balaban J connectivity index is 1.90. The van der Waals surface area contributed by atoms with Crippen LogP contribution in [0.1, 0.15) is 5.69 Å². The van der Waals surface area contributed by atoms with E-state index >= 15 is 0 Å². The largest absolute Gasteiger partial charge is 0.327 e. The number of carbonyl (C=O) groups is 1. The summed E-state index contributed by atoms with van der Waals surface area (Å²) in [5, 5.41) is 3.72. The highest BCUT2D eigenvalue weighted by atomic mass is 35.5. The predicted molar refractivity (Wildman–Crippen MR) is 86.1 cm³/mol. The van der Waals surface area contributed by atoms with Crippen molar-refractivity contribution >= 4 is 34.9 Å². The number of nitrogens with zero attached hydrogens (tertiary/aromatic N) is 2. The van der Waals surface area contributed by atoms with Crippen LogP contribution < -0.4 is 5.32 Å². The SMILES string of the molecule is CN(CCc1ccccn1)C(=O)Nc1cc(Cl)cc(Cl)c1. The van der Waals surface area contributed by atoms with E-state index in [4.69, 9.17) is 23.2 Å². The molecule has 0 radical (unpaired) electrons. The summed E-state index contributed by atoms with van der Waals surface area (Å²) >= 11 is 11.8. The van der Waals surface area contributed by atoms with E-state index in [0.717, 1.165) is 5.69 Å². The molecular formula is C15H15Cl2N3O. The first-order valence-corrected chi connectivity index (χ1v) is 7.18. The molecule has 1 heterocycles. The molecule has 21 heavy (non-hydrogen) atoms. The Kier molecular flexibility index (Phi) is 5.42. The van der Waals surface area contributed by atoms with E-state index < -0.39 is 0 Å². The van der Waals surface area contributed by atoms with Gasteiger partial charge in [0.15, 0.2) is 0 Å². The van der Waals surface area contributed by atoms with Crippen LogP contribution in [0.2, 0.25) is 10.0 Å². The van der Waals surface area contributed by atoms with Crippen molar-refractivity contribution in [1.82, 2.24) is 9.88 Å². The van der Waals surface area contributed by atoms with Gasteiger partial charge < -0.3 is 10.2 Å². The van der Waals surface area contributed by atoms with Crippen LogP contribution in [0.25, 0.3) is 0 Å². The van der Waals surface area contributed by atoms with Crippen LogP contribution >= 0.6 is 23.2 Å². The number of benzene rings is 1. The van der Waals surface area contributed by atoms with Crippen LogP contribution in [-0.2, 0) is 6.42 Å². The molecule has 6 heteroatoms. The molecule has 4 nitrogen and oxygen atoms in total. The zero-order valence-electron chi connectivity index (χ0n) is 11.5. The summed E-state index contributed by atoms with van der Waals surface area (Å²) in [7, 11) is 1.73. The first-order valence-electron chi connectivity index (χ1n) is 6.43. The summed E-state index contributed by atoms with van der Waals surface area (Å²) in [5.41, 5.74) is 1.52. The fourth-order valence-corrected chi connectivity index (χ4v) is 2.30. The van der Waals surface area contributed by atoms with Crippen molar-refractivity contribution < 1.29 is 4.79 Å². The Bertz CT molecular complexity index is 599. The molecule has 0 aliphatic carbocycles. The number of anilines is 1. The number of halogens is 2. The molecule has 0 bridgehead atoms. The van der Waals surface area contributed by atoms with Crippen LogP contribution in [0.15, 0.2) is 42.6 Å². The van der Waals surface area contributed by atoms with Gasteiger partial charge in [0.05, 0.1) is 0 Å². The van der Waals surface area contributed by atoms with E-state index in [0.29, 0.717) is 28.7 Å². The monoisotopic (exact) mass is 323 g/mol. The van der Waals surface area contributed by atoms with E-state index in [9.17, 15) is 4.79 Å². The number of urea groups is 1. The van der Waals surface area contributed by atoms with Gasteiger partial charge in [-0.1, -0.05) is 29.3 Å². The maximum Gasteiger partial charge on any atom is 0.321 e. The highest BCUT2D eigenvalue weighted by Crippen LogP contribution is 2.22. The molecule has 0 aliphatic rings. The topological polar surface area (TPSA) is 45.2 Å². The fraction of sp³-hybridized carbons (Fsp3) is 0.200. The van der Waals surface area contributed by atoms with Crippen LogP contribution in [0.5, 0.6) is 0 Å². The minimum absolute atomic E-state index is 0.218. The molecule has 1 N–H and O–H groups in total.